The molecule has 2 aromatic carbocycles. The van der Waals surface area contributed by atoms with Crippen LogP contribution < -0.4 is 10.2 Å². The smallest absolute Gasteiger partial charge is 0.410 e. The Morgan fingerprint density at radius 1 is 1.14 bits per heavy atom. The molecular formula is C32H33ClFN7O3. The molecule has 3 heterocycles. The maximum atomic E-state index is 15.7. The molecule has 10 nitrogen and oxygen atoms in total. The highest BCUT2D eigenvalue weighted by molar-refractivity contribution is 6.31. The summed E-state index contributed by atoms with van der Waals surface area (Å²) >= 11 is 6.22. The number of carbonyl (C=O) groups is 1. The number of nitrogens with one attached hydrogen (secondary N) is 2. The summed E-state index contributed by atoms with van der Waals surface area (Å²) in [4.78, 5) is 27.7. The molecule has 44 heavy (non-hydrogen) atoms. The van der Waals surface area contributed by atoms with E-state index in [-0.39, 0.29) is 33.8 Å². The van der Waals surface area contributed by atoms with Gasteiger partial charge in [-0.15, -0.1) is 6.58 Å². The van der Waals surface area contributed by atoms with E-state index in [1.807, 2.05) is 29.6 Å². The first-order valence-electron chi connectivity index (χ1n) is 14.7. The Morgan fingerprint density at radius 3 is 2.64 bits per heavy atom. The number of rotatable bonds is 7. The number of fused-ring (bicyclic) bond motifs is 1. The van der Waals surface area contributed by atoms with E-state index >= 15 is 4.39 Å². The van der Waals surface area contributed by atoms with Gasteiger partial charge in [0.25, 0.3) is 0 Å². The maximum absolute atomic E-state index is 15.7. The zero-order valence-corrected chi connectivity index (χ0v) is 24.8. The highest BCUT2D eigenvalue weighted by Gasteiger charge is 2.33. The Balaban J connectivity index is 1.57. The van der Waals surface area contributed by atoms with Gasteiger partial charge in [-0.05, 0) is 55.2 Å². The van der Waals surface area contributed by atoms with Crippen LogP contribution in [0.3, 0.4) is 0 Å². The van der Waals surface area contributed by atoms with Crippen LogP contribution in [0.2, 0.25) is 5.02 Å². The molecule has 2 aromatic heterocycles. The van der Waals surface area contributed by atoms with Crippen molar-refractivity contribution in [2.75, 3.05) is 24.7 Å². The third kappa shape index (κ3) is 5.89. The summed E-state index contributed by atoms with van der Waals surface area (Å²) in [5.74, 6) is 0.000959. The zero-order chi connectivity index (χ0) is 30.8. The Labute approximate surface area is 259 Å². The van der Waals surface area contributed by atoms with Crippen LogP contribution in [-0.2, 0) is 11.3 Å². The summed E-state index contributed by atoms with van der Waals surface area (Å²) in [6.45, 7) is 6.09. The number of anilines is 1. The number of hydrogen-bond donors (Lipinski definition) is 3. The first-order valence-corrected chi connectivity index (χ1v) is 15.0. The molecule has 1 aliphatic carbocycles. The lowest BCUT2D eigenvalue weighted by atomic mass is 9.82. The fourth-order valence-corrected chi connectivity index (χ4v) is 6.40. The van der Waals surface area contributed by atoms with Crippen molar-refractivity contribution in [2.24, 2.45) is 11.8 Å². The third-order valence-corrected chi connectivity index (χ3v) is 8.77. The number of carboxylic acid groups (broad SMARTS) is 1. The van der Waals surface area contributed by atoms with Gasteiger partial charge in [-0.2, -0.15) is 4.98 Å². The van der Waals surface area contributed by atoms with Crippen LogP contribution in [0.5, 0.6) is 0 Å². The fourth-order valence-electron chi connectivity index (χ4n) is 6.23. The van der Waals surface area contributed by atoms with E-state index in [9.17, 15) is 9.90 Å². The van der Waals surface area contributed by atoms with E-state index in [0.717, 1.165) is 31.2 Å². The molecule has 1 saturated carbocycles. The number of imidazole rings is 1. The summed E-state index contributed by atoms with van der Waals surface area (Å²) in [5.41, 5.74) is 2.09. The van der Waals surface area contributed by atoms with Crippen molar-refractivity contribution in [3.63, 3.8) is 0 Å². The number of nitrogens with zero attached hydrogens (tertiary/aromatic N) is 5. The first-order chi connectivity index (χ1) is 21.3. The predicted molar refractivity (Wildman–Crippen MR) is 167 cm³/mol. The van der Waals surface area contributed by atoms with Gasteiger partial charge in [-0.1, -0.05) is 54.1 Å². The number of amidine groups is 1. The van der Waals surface area contributed by atoms with Crippen LogP contribution in [0.4, 0.5) is 15.1 Å². The molecule has 2 fully saturated rings. The van der Waals surface area contributed by atoms with E-state index in [2.05, 4.69) is 38.1 Å². The second-order valence-electron chi connectivity index (χ2n) is 11.2. The van der Waals surface area contributed by atoms with Crippen molar-refractivity contribution in [1.82, 2.24) is 24.8 Å². The van der Waals surface area contributed by atoms with Crippen molar-refractivity contribution in [3.8, 4) is 11.3 Å². The summed E-state index contributed by atoms with van der Waals surface area (Å²) in [5, 5.41) is 19.5. The van der Waals surface area contributed by atoms with Gasteiger partial charge in [0, 0.05) is 18.7 Å². The number of ether oxygens (including phenoxy) is 1. The van der Waals surface area contributed by atoms with Crippen LogP contribution in [0.1, 0.15) is 43.1 Å². The molecule has 228 valence electrons. The lowest BCUT2D eigenvalue weighted by Crippen LogP contribution is -2.41. The van der Waals surface area contributed by atoms with Gasteiger partial charge in [0.1, 0.15) is 11.2 Å². The topological polar surface area (TPSA) is 129 Å². The Kier molecular flexibility index (Phi) is 8.58. The van der Waals surface area contributed by atoms with E-state index < -0.39 is 17.7 Å². The van der Waals surface area contributed by atoms with Gasteiger partial charge < -0.3 is 19.3 Å². The lowest BCUT2D eigenvalue weighted by molar-refractivity contribution is 0.0927. The lowest BCUT2D eigenvalue weighted by Gasteiger charge is -2.37. The average Bonchev–Trinajstić information content (AvgIpc) is 3.40. The summed E-state index contributed by atoms with van der Waals surface area (Å²) in [6, 6.07) is 14.6. The van der Waals surface area contributed by atoms with Gasteiger partial charge in [-0.3, -0.25) is 10.7 Å². The van der Waals surface area contributed by atoms with E-state index in [1.54, 1.807) is 12.1 Å². The van der Waals surface area contributed by atoms with Gasteiger partial charge in [0.15, 0.2) is 23.1 Å². The van der Waals surface area contributed by atoms with Gasteiger partial charge >= 0.3 is 6.09 Å². The van der Waals surface area contributed by atoms with Crippen LogP contribution in [0.25, 0.3) is 22.4 Å². The molecule has 1 saturated heterocycles. The molecule has 6 rings (SSSR count). The molecule has 4 aromatic rings. The van der Waals surface area contributed by atoms with Gasteiger partial charge in [0.05, 0.1) is 24.3 Å². The van der Waals surface area contributed by atoms with Crippen molar-refractivity contribution in [3.05, 3.63) is 83.4 Å². The minimum atomic E-state index is -1.44. The highest BCUT2D eigenvalue weighted by Crippen LogP contribution is 2.39. The monoisotopic (exact) mass is 617 g/mol. The number of aromatic nitrogens is 4. The number of amides is 1. The molecule has 1 aliphatic heterocycles. The Bertz CT molecular complexity index is 1710. The van der Waals surface area contributed by atoms with Crippen LogP contribution in [0.15, 0.2) is 61.2 Å². The maximum Gasteiger partial charge on any atom is 0.410 e. The average molecular weight is 618 g/mol. The van der Waals surface area contributed by atoms with Gasteiger partial charge in [-0.25, -0.2) is 19.2 Å². The summed E-state index contributed by atoms with van der Waals surface area (Å²) in [6.07, 6.45) is 4.66. The SMILES string of the molecule is C=CC1CCC(Cn2c(N3CCOC[C@H]3c3ccccc3)nc3nc(C(=N)NC(=O)O)nc(-c4cccc(Cl)c4F)c32)CC1. The van der Waals surface area contributed by atoms with E-state index in [1.165, 1.54) is 6.07 Å². The number of hydrogen-bond acceptors (Lipinski definition) is 7. The van der Waals surface area contributed by atoms with Crippen molar-refractivity contribution in [2.45, 2.75) is 38.3 Å². The molecule has 12 heteroatoms. The second-order valence-corrected chi connectivity index (χ2v) is 11.6. The van der Waals surface area contributed by atoms with E-state index in [4.69, 9.17) is 26.7 Å². The first kappa shape index (κ1) is 29.7. The molecule has 0 radical (unpaired) electrons. The minimum Gasteiger partial charge on any atom is -0.465 e. The molecule has 1 amide bonds. The standard InChI is InChI=1S/C32H33ClFN7O3/c1-2-19-11-13-20(14-12-19)17-41-27-26(22-9-6-10-23(33)25(22)34)36-30(28(35)37-32(42)43)38-29(27)39-31(41)40-15-16-44-18-24(40)21-7-4-3-5-8-21/h2-10,19-20,24H,1,11-18H2,(H2,35,37)(H,42,43)/t19?,20?,24-/m0/s1. The normalized spacial score (nSPS) is 20.4. The molecule has 3 N–H and O–H groups in total. The van der Waals surface area contributed by atoms with Gasteiger partial charge in [0.2, 0.25) is 5.95 Å². The summed E-state index contributed by atoms with van der Waals surface area (Å²) < 4.78 is 23.6. The third-order valence-electron chi connectivity index (χ3n) is 8.48. The second kappa shape index (κ2) is 12.7. The minimum absolute atomic E-state index is 0.0825. The molecule has 0 bridgehead atoms. The van der Waals surface area contributed by atoms with Crippen molar-refractivity contribution < 1.29 is 19.0 Å². The Hall–Kier alpha value is -4.35. The van der Waals surface area contributed by atoms with Crippen molar-refractivity contribution in [1.29, 1.82) is 5.41 Å². The number of morpholine rings is 1. The molecule has 1 atom stereocenters. The summed E-state index contributed by atoms with van der Waals surface area (Å²) in [7, 11) is 0. The van der Waals surface area contributed by atoms with Crippen LogP contribution in [0, 0.1) is 23.1 Å². The molecule has 0 spiro atoms. The highest BCUT2D eigenvalue weighted by atomic mass is 35.5. The number of benzene rings is 2. The fraction of sp³-hybridized carbons (Fsp3) is 0.344. The zero-order valence-electron chi connectivity index (χ0n) is 24.0. The van der Waals surface area contributed by atoms with Crippen LogP contribution >= 0.6 is 11.6 Å². The largest absolute Gasteiger partial charge is 0.465 e. The Morgan fingerprint density at radius 2 is 1.91 bits per heavy atom. The number of allylic oxidation sites excluding steroid dienone is 1. The molecule has 2 aliphatic rings. The molecule has 0 unspecified atom stereocenters. The molecular weight excluding hydrogens is 585 g/mol. The number of halogens is 2. The van der Waals surface area contributed by atoms with Crippen molar-refractivity contribution >= 4 is 40.6 Å². The van der Waals surface area contributed by atoms with E-state index in [0.29, 0.717) is 49.6 Å². The quantitative estimate of drug-likeness (QED) is 0.123. The van der Waals surface area contributed by atoms with Crippen LogP contribution in [-0.4, -0.2) is 56.3 Å². The predicted octanol–water partition coefficient (Wildman–Crippen LogP) is 6.45.